The molecule has 0 bridgehead atoms. The summed E-state index contributed by atoms with van der Waals surface area (Å²) in [4.78, 5) is 0. The summed E-state index contributed by atoms with van der Waals surface area (Å²) >= 11 is 3.40. The summed E-state index contributed by atoms with van der Waals surface area (Å²) in [5.74, 6) is 0.395. The van der Waals surface area contributed by atoms with Gasteiger partial charge in [-0.25, -0.2) is 4.39 Å². The van der Waals surface area contributed by atoms with Crippen LogP contribution in [0.5, 0.6) is 0 Å². The summed E-state index contributed by atoms with van der Waals surface area (Å²) in [6.07, 6.45) is 3.81. The molecule has 0 aromatic heterocycles. The lowest BCUT2D eigenvalue weighted by Crippen LogP contribution is -2.16. The Bertz CT molecular complexity index is 602. The molecule has 2 aromatic rings. The molecule has 1 unspecified atom stereocenters. The normalized spacial score (nSPS) is 16.8. The molecule has 0 aliphatic heterocycles. The van der Waals surface area contributed by atoms with Crippen LogP contribution in [0, 0.1) is 5.82 Å². The zero-order chi connectivity index (χ0) is 14.1. The van der Waals surface area contributed by atoms with Gasteiger partial charge in [0.15, 0.2) is 0 Å². The summed E-state index contributed by atoms with van der Waals surface area (Å²) in [6, 6.07) is 12.8. The second-order valence-corrected chi connectivity index (χ2v) is 6.27. The SMILES string of the molecule is NC(c1cccc(C2CCC2)c1)c1c(F)cccc1Br. The van der Waals surface area contributed by atoms with E-state index in [1.807, 2.05) is 18.2 Å². The van der Waals surface area contributed by atoms with Crippen molar-refractivity contribution in [2.45, 2.75) is 31.2 Å². The molecule has 1 aliphatic rings. The van der Waals surface area contributed by atoms with Crippen molar-refractivity contribution in [1.29, 1.82) is 0 Å². The minimum atomic E-state index is -0.439. The van der Waals surface area contributed by atoms with E-state index in [0.717, 1.165) is 10.0 Å². The molecule has 1 aliphatic carbocycles. The van der Waals surface area contributed by atoms with E-state index in [2.05, 4.69) is 28.1 Å². The Morgan fingerprint density at radius 2 is 1.90 bits per heavy atom. The van der Waals surface area contributed by atoms with Gasteiger partial charge in [-0.05, 0) is 42.0 Å². The van der Waals surface area contributed by atoms with Gasteiger partial charge >= 0.3 is 0 Å². The van der Waals surface area contributed by atoms with Crippen LogP contribution in [0.3, 0.4) is 0 Å². The molecule has 3 heteroatoms. The topological polar surface area (TPSA) is 26.0 Å². The van der Waals surface area contributed by atoms with E-state index in [9.17, 15) is 4.39 Å². The number of halogens is 2. The number of benzene rings is 2. The Morgan fingerprint density at radius 1 is 1.15 bits per heavy atom. The number of hydrogen-bond donors (Lipinski definition) is 1. The number of hydrogen-bond acceptors (Lipinski definition) is 1. The minimum absolute atomic E-state index is 0.263. The maximum atomic E-state index is 14.0. The van der Waals surface area contributed by atoms with E-state index in [0.29, 0.717) is 11.5 Å². The molecule has 1 nitrogen and oxygen atoms in total. The lowest BCUT2D eigenvalue weighted by Gasteiger charge is -2.27. The monoisotopic (exact) mass is 333 g/mol. The molecule has 0 saturated heterocycles. The van der Waals surface area contributed by atoms with Crippen molar-refractivity contribution in [3.63, 3.8) is 0 Å². The molecule has 1 fully saturated rings. The fourth-order valence-corrected chi connectivity index (χ4v) is 3.31. The van der Waals surface area contributed by atoms with Gasteiger partial charge in [-0.15, -0.1) is 0 Å². The lowest BCUT2D eigenvalue weighted by atomic mass is 9.79. The van der Waals surface area contributed by atoms with Crippen LogP contribution in [0.4, 0.5) is 4.39 Å². The van der Waals surface area contributed by atoms with Gasteiger partial charge in [0, 0.05) is 10.0 Å². The van der Waals surface area contributed by atoms with Crippen molar-refractivity contribution in [2.24, 2.45) is 5.73 Å². The molecule has 2 N–H and O–H groups in total. The van der Waals surface area contributed by atoms with Crippen molar-refractivity contribution in [3.05, 3.63) is 69.4 Å². The van der Waals surface area contributed by atoms with Gasteiger partial charge in [0.2, 0.25) is 0 Å². The van der Waals surface area contributed by atoms with Gasteiger partial charge in [0.1, 0.15) is 5.82 Å². The van der Waals surface area contributed by atoms with Crippen LogP contribution in [0.25, 0.3) is 0 Å². The fourth-order valence-electron chi connectivity index (χ4n) is 2.72. The van der Waals surface area contributed by atoms with Crippen molar-refractivity contribution in [3.8, 4) is 0 Å². The highest BCUT2D eigenvalue weighted by Crippen LogP contribution is 2.38. The molecule has 3 rings (SSSR count). The van der Waals surface area contributed by atoms with Crippen LogP contribution in [0.2, 0.25) is 0 Å². The molecule has 0 amide bonds. The zero-order valence-electron chi connectivity index (χ0n) is 11.2. The Balaban J connectivity index is 1.95. The Morgan fingerprint density at radius 3 is 2.55 bits per heavy atom. The minimum Gasteiger partial charge on any atom is -0.320 e. The summed E-state index contributed by atoms with van der Waals surface area (Å²) in [7, 11) is 0. The van der Waals surface area contributed by atoms with E-state index in [1.54, 1.807) is 6.07 Å². The lowest BCUT2D eigenvalue weighted by molar-refractivity contribution is 0.419. The highest BCUT2D eigenvalue weighted by molar-refractivity contribution is 9.10. The quantitative estimate of drug-likeness (QED) is 0.848. The van der Waals surface area contributed by atoms with E-state index in [-0.39, 0.29) is 5.82 Å². The third-order valence-corrected chi connectivity index (χ3v) is 4.85. The van der Waals surface area contributed by atoms with Crippen LogP contribution in [-0.2, 0) is 0 Å². The van der Waals surface area contributed by atoms with Gasteiger partial charge in [-0.1, -0.05) is 52.7 Å². The van der Waals surface area contributed by atoms with Crippen LogP contribution in [-0.4, -0.2) is 0 Å². The highest BCUT2D eigenvalue weighted by Gasteiger charge is 2.21. The number of rotatable bonds is 3. The predicted octanol–water partition coefficient (Wildman–Crippen LogP) is 4.90. The fraction of sp³-hybridized carbons (Fsp3) is 0.294. The maximum Gasteiger partial charge on any atom is 0.129 e. The molecule has 104 valence electrons. The smallest absolute Gasteiger partial charge is 0.129 e. The van der Waals surface area contributed by atoms with Crippen LogP contribution in [0.1, 0.15) is 47.9 Å². The first-order valence-electron chi connectivity index (χ1n) is 6.96. The van der Waals surface area contributed by atoms with E-state index in [1.165, 1.54) is 30.9 Å². The average molecular weight is 334 g/mol. The molecular formula is C17H17BrFN. The molecule has 0 spiro atoms. The highest BCUT2D eigenvalue weighted by atomic mass is 79.9. The summed E-state index contributed by atoms with van der Waals surface area (Å²) in [6.45, 7) is 0. The third-order valence-electron chi connectivity index (χ3n) is 4.16. The summed E-state index contributed by atoms with van der Waals surface area (Å²) in [5.41, 5.74) is 9.11. The molecular weight excluding hydrogens is 317 g/mol. The second-order valence-electron chi connectivity index (χ2n) is 5.41. The molecule has 1 saturated carbocycles. The van der Waals surface area contributed by atoms with Crippen molar-refractivity contribution < 1.29 is 4.39 Å². The molecule has 20 heavy (non-hydrogen) atoms. The first kappa shape index (κ1) is 13.8. The Labute approximate surface area is 127 Å². The van der Waals surface area contributed by atoms with Crippen molar-refractivity contribution in [2.75, 3.05) is 0 Å². The van der Waals surface area contributed by atoms with Gasteiger partial charge in [0.05, 0.1) is 6.04 Å². The second kappa shape index (κ2) is 5.66. The van der Waals surface area contributed by atoms with Crippen molar-refractivity contribution in [1.82, 2.24) is 0 Å². The van der Waals surface area contributed by atoms with Crippen LogP contribution in [0.15, 0.2) is 46.9 Å². The van der Waals surface area contributed by atoms with E-state index < -0.39 is 6.04 Å². The molecule has 2 aromatic carbocycles. The largest absolute Gasteiger partial charge is 0.320 e. The van der Waals surface area contributed by atoms with Crippen LogP contribution < -0.4 is 5.73 Å². The first-order valence-corrected chi connectivity index (χ1v) is 7.75. The Kier molecular flexibility index (Phi) is 3.90. The standard InChI is InChI=1S/C17H17BrFN/c18-14-8-3-9-15(19)16(14)17(20)13-7-2-6-12(10-13)11-4-1-5-11/h2-3,6-11,17H,1,4-5,20H2. The predicted molar refractivity (Wildman–Crippen MR) is 83.2 cm³/mol. The van der Waals surface area contributed by atoms with Gasteiger partial charge < -0.3 is 5.73 Å². The van der Waals surface area contributed by atoms with Gasteiger partial charge in [-0.3, -0.25) is 0 Å². The molecule has 1 atom stereocenters. The van der Waals surface area contributed by atoms with Gasteiger partial charge in [0.25, 0.3) is 0 Å². The summed E-state index contributed by atoms with van der Waals surface area (Å²) in [5, 5.41) is 0. The average Bonchev–Trinajstić information content (AvgIpc) is 2.36. The van der Waals surface area contributed by atoms with Crippen LogP contribution >= 0.6 is 15.9 Å². The molecule has 0 radical (unpaired) electrons. The Hall–Kier alpha value is -1.19. The maximum absolute atomic E-state index is 14.0. The zero-order valence-corrected chi connectivity index (χ0v) is 12.7. The first-order chi connectivity index (χ1) is 9.66. The van der Waals surface area contributed by atoms with E-state index >= 15 is 0 Å². The summed E-state index contributed by atoms with van der Waals surface area (Å²) < 4.78 is 14.7. The third kappa shape index (κ3) is 2.52. The number of nitrogens with two attached hydrogens (primary N) is 1. The molecule has 0 heterocycles. The van der Waals surface area contributed by atoms with Crippen molar-refractivity contribution >= 4 is 15.9 Å². The van der Waals surface area contributed by atoms with Gasteiger partial charge in [-0.2, -0.15) is 0 Å². The van der Waals surface area contributed by atoms with E-state index in [4.69, 9.17) is 5.73 Å².